The molecule has 0 saturated heterocycles. The Kier molecular flexibility index (Phi) is 4.44. The average molecular weight is 341 g/mol. The Hall–Kier alpha value is -1.31. The number of hydrogen-bond acceptors (Lipinski definition) is 3. The van der Waals surface area contributed by atoms with E-state index in [0.29, 0.717) is 6.20 Å². The molecule has 0 aliphatic rings. The fourth-order valence-electron chi connectivity index (χ4n) is 1.10. The molecule has 19 heavy (non-hydrogen) atoms. The largest absolute Gasteiger partial charge is 0.444 e. The smallest absolute Gasteiger partial charge is 0.417 e. The molecule has 0 radical (unpaired) electrons. The molecule has 0 saturated carbocycles. The molecule has 1 rings (SSSR count). The van der Waals surface area contributed by atoms with Crippen molar-refractivity contribution >= 4 is 27.7 Å². The van der Waals surface area contributed by atoms with Crippen LogP contribution in [0.4, 0.5) is 23.7 Å². The summed E-state index contributed by atoms with van der Waals surface area (Å²) in [5, 5.41) is 2.21. The van der Waals surface area contributed by atoms with Gasteiger partial charge in [0.2, 0.25) is 0 Å². The first-order valence-electron chi connectivity index (χ1n) is 5.22. The predicted octanol–water partition coefficient (Wildman–Crippen LogP) is 4.21. The minimum absolute atomic E-state index is 0.0892. The van der Waals surface area contributed by atoms with Crippen molar-refractivity contribution in [2.24, 2.45) is 0 Å². The second kappa shape index (κ2) is 5.36. The molecule has 4 nitrogen and oxygen atoms in total. The van der Waals surface area contributed by atoms with Gasteiger partial charge in [-0.1, -0.05) is 0 Å². The number of hydrogen-bond donors (Lipinski definition) is 1. The van der Waals surface area contributed by atoms with Crippen LogP contribution in [0.1, 0.15) is 26.3 Å². The predicted molar refractivity (Wildman–Crippen MR) is 66.8 cm³/mol. The average Bonchev–Trinajstić information content (AvgIpc) is 2.16. The minimum atomic E-state index is -4.53. The summed E-state index contributed by atoms with van der Waals surface area (Å²) in [5.41, 5.74) is -1.81. The van der Waals surface area contributed by atoms with Gasteiger partial charge in [-0.15, -0.1) is 0 Å². The maximum Gasteiger partial charge on any atom is 0.417 e. The highest BCUT2D eigenvalue weighted by Gasteiger charge is 2.32. The van der Waals surface area contributed by atoms with Crippen LogP contribution in [0.25, 0.3) is 0 Å². The standard InChI is InChI=1S/C11H12BrF3N2O2/c1-10(2,3)19-9(18)17-7-4-6(11(13,14)15)5-16-8(7)12/h4-5H,1-3H3,(H,17,18). The zero-order chi connectivity index (χ0) is 14.8. The molecule has 1 N–H and O–H groups in total. The molecular weight excluding hydrogens is 329 g/mol. The monoisotopic (exact) mass is 340 g/mol. The van der Waals surface area contributed by atoms with Crippen LogP contribution >= 0.6 is 15.9 Å². The van der Waals surface area contributed by atoms with E-state index in [4.69, 9.17) is 4.74 Å². The van der Waals surface area contributed by atoms with Gasteiger partial charge in [0.1, 0.15) is 10.2 Å². The zero-order valence-electron chi connectivity index (χ0n) is 10.4. The van der Waals surface area contributed by atoms with Crippen LogP contribution in [-0.4, -0.2) is 16.7 Å². The van der Waals surface area contributed by atoms with Gasteiger partial charge in [0.15, 0.2) is 0 Å². The molecule has 0 aliphatic carbocycles. The molecule has 0 unspecified atom stereocenters. The lowest BCUT2D eigenvalue weighted by Gasteiger charge is -2.20. The van der Waals surface area contributed by atoms with Gasteiger partial charge in [-0.2, -0.15) is 13.2 Å². The van der Waals surface area contributed by atoms with Crippen molar-refractivity contribution in [3.8, 4) is 0 Å². The Bertz CT molecular complexity index is 484. The number of halogens is 4. The van der Waals surface area contributed by atoms with Gasteiger partial charge in [-0.3, -0.25) is 5.32 Å². The molecule has 0 fully saturated rings. The van der Waals surface area contributed by atoms with E-state index in [1.54, 1.807) is 20.8 Å². The van der Waals surface area contributed by atoms with Crippen molar-refractivity contribution in [3.05, 3.63) is 22.4 Å². The van der Waals surface area contributed by atoms with Crippen molar-refractivity contribution < 1.29 is 22.7 Å². The Labute approximate surface area is 116 Å². The van der Waals surface area contributed by atoms with Gasteiger partial charge in [0.05, 0.1) is 11.3 Å². The quantitative estimate of drug-likeness (QED) is 0.779. The van der Waals surface area contributed by atoms with E-state index in [-0.39, 0.29) is 10.3 Å². The summed E-state index contributed by atoms with van der Waals surface area (Å²) in [6.45, 7) is 4.93. The SMILES string of the molecule is CC(C)(C)OC(=O)Nc1cc(C(F)(F)F)cnc1Br. The van der Waals surface area contributed by atoms with Crippen molar-refractivity contribution in [3.63, 3.8) is 0 Å². The number of nitrogens with one attached hydrogen (secondary N) is 1. The highest BCUT2D eigenvalue weighted by Crippen LogP contribution is 2.32. The van der Waals surface area contributed by atoms with Crippen LogP contribution in [-0.2, 0) is 10.9 Å². The van der Waals surface area contributed by atoms with Gasteiger partial charge in [-0.25, -0.2) is 9.78 Å². The molecule has 0 atom stereocenters. The third-order valence-electron chi connectivity index (χ3n) is 1.80. The first kappa shape index (κ1) is 15.7. The van der Waals surface area contributed by atoms with Crippen LogP contribution in [0.15, 0.2) is 16.9 Å². The van der Waals surface area contributed by atoms with E-state index in [1.807, 2.05) is 0 Å². The van der Waals surface area contributed by atoms with Crippen LogP contribution < -0.4 is 5.32 Å². The summed E-state index contributed by atoms with van der Waals surface area (Å²) in [6.07, 6.45) is -4.71. The first-order valence-corrected chi connectivity index (χ1v) is 6.01. The molecule has 0 bridgehead atoms. The molecule has 1 aromatic heterocycles. The molecule has 0 aromatic carbocycles. The summed E-state index contributed by atoms with van der Waals surface area (Å²) in [5.74, 6) is 0. The highest BCUT2D eigenvalue weighted by atomic mass is 79.9. The summed E-state index contributed by atoms with van der Waals surface area (Å²) in [4.78, 5) is 15.0. The number of rotatable bonds is 1. The topological polar surface area (TPSA) is 51.2 Å². The normalized spacial score (nSPS) is 12.2. The van der Waals surface area contributed by atoms with Gasteiger partial charge in [-0.05, 0) is 42.8 Å². The number of carbonyl (C=O) groups excluding carboxylic acids is 1. The van der Waals surface area contributed by atoms with Crippen molar-refractivity contribution in [2.45, 2.75) is 32.5 Å². The van der Waals surface area contributed by atoms with Crippen LogP contribution in [0.3, 0.4) is 0 Å². The van der Waals surface area contributed by atoms with E-state index in [1.165, 1.54) is 0 Å². The van der Waals surface area contributed by atoms with Crippen LogP contribution in [0.2, 0.25) is 0 Å². The van der Waals surface area contributed by atoms with E-state index in [9.17, 15) is 18.0 Å². The van der Waals surface area contributed by atoms with E-state index >= 15 is 0 Å². The second-order valence-corrected chi connectivity index (χ2v) is 5.44. The van der Waals surface area contributed by atoms with E-state index in [2.05, 4.69) is 26.2 Å². The fourth-order valence-corrected chi connectivity index (χ4v) is 1.42. The molecule has 8 heteroatoms. The second-order valence-electron chi connectivity index (χ2n) is 4.69. The van der Waals surface area contributed by atoms with Crippen molar-refractivity contribution in [2.75, 3.05) is 5.32 Å². The summed E-state index contributed by atoms with van der Waals surface area (Å²) >= 11 is 2.96. The number of alkyl halides is 3. The van der Waals surface area contributed by atoms with Gasteiger partial charge in [0.25, 0.3) is 0 Å². The Balaban J connectivity index is 2.92. The molecular formula is C11H12BrF3N2O2. The number of aromatic nitrogens is 1. The fraction of sp³-hybridized carbons (Fsp3) is 0.455. The molecule has 106 valence electrons. The maximum atomic E-state index is 12.5. The summed E-state index contributed by atoms with van der Waals surface area (Å²) in [6, 6.07) is 0.779. The number of amides is 1. The van der Waals surface area contributed by atoms with Gasteiger partial charge < -0.3 is 4.74 Å². The lowest BCUT2D eigenvalue weighted by atomic mass is 10.2. The Morgan fingerprint density at radius 2 is 1.95 bits per heavy atom. The molecule has 1 aromatic rings. The third kappa shape index (κ3) is 5.06. The first-order chi connectivity index (χ1) is 8.49. The zero-order valence-corrected chi connectivity index (χ0v) is 12.0. The van der Waals surface area contributed by atoms with Gasteiger partial charge >= 0.3 is 12.3 Å². The van der Waals surface area contributed by atoms with E-state index in [0.717, 1.165) is 6.07 Å². The number of nitrogens with zero attached hydrogens (tertiary/aromatic N) is 1. The number of ether oxygens (including phenoxy) is 1. The van der Waals surface area contributed by atoms with Crippen LogP contribution in [0.5, 0.6) is 0 Å². The lowest BCUT2D eigenvalue weighted by molar-refractivity contribution is -0.137. The Morgan fingerprint density at radius 1 is 1.37 bits per heavy atom. The minimum Gasteiger partial charge on any atom is -0.444 e. The molecule has 0 aliphatic heterocycles. The summed E-state index contributed by atoms with van der Waals surface area (Å²) in [7, 11) is 0. The summed E-state index contributed by atoms with van der Waals surface area (Å²) < 4.78 is 42.6. The Morgan fingerprint density at radius 3 is 2.42 bits per heavy atom. The maximum absolute atomic E-state index is 12.5. The highest BCUT2D eigenvalue weighted by molar-refractivity contribution is 9.10. The van der Waals surface area contributed by atoms with E-state index < -0.39 is 23.4 Å². The lowest BCUT2D eigenvalue weighted by Crippen LogP contribution is -2.27. The number of carbonyl (C=O) groups is 1. The van der Waals surface area contributed by atoms with Gasteiger partial charge in [0, 0.05) is 6.20 Å². The number of anilines is 1. The molecule has 1 amide bonds. The third-order valence-corrected chi connectivity index (χ3v) is 2.43. The number of pyridine rings is 1. The van der Waals surface area contributed by atoms with Crippen LogP contribution in [0, 0.1) is 0 Å². The molecule has 0 spiro atoms. The van der Waals surface area contributed by atoms with Crippen molar-refractivity contribution in [1.82, 2.24) is 4.98 Å². The van der Waals surface area contributed by atoms with Crippen molar-refractivity contribution in [1.29, 1.82) is 0 Å². The molecule has 1 heterocycles.